The van der Waals surface area contributed by atoms with Crippen LogP contribution in [0.2, 0.25) is 0 Å². The van der Waals surface area contributed by atoms with E-state index < -0.39 is 0 Å². The van der Waals surface area contributed by atoms with Gasteiger partial charge in [-0.05, 0) is 30.3 Å². The lowest BCUT2D eigenvalue weighted by atomic mass is 9.97. The summed E-state index contributed by atoms with van der Waals surface area (Å²) in [5, 5.41) is 14.4. The Bertz CT molecular complexity index is 1240. The van der Waals surface area contributed by atoms with Crippen molar-refractivity contribution in [3.05, 3.63) is 102 Å². The highest BCUT2D eigenvalue weighted by Gasteiger charge is 2.20. The van der Waals surface area contributed by atoms with Crippen molar-refractivity contribution in [3.63, 3.8) is 0 Å². The number of nitrogens with zero attached hydrogens (tertiary/aromatic N) is 4. The molecule has 0 atom stereocenters. The van der Waals surface area contributed by atoms with E-state index in [0.29, 0.717) is 11.3 Å². The van der Waals surface area contributed by atoms with E-state index in [1.54, 1.807) is 18.3 Å². The monoisotopic (exact) mass is 439 g/mol. The molecule has 0 radical (unpaired) electrons. The highest BCUT2D eigenvalue weighted by Crippen LogP contribution is 2.28. The number of aromatic nitrogens is 2. The number of piperazine rings is 1. The number of hydrazone groups is 1. The zero-order valence-corrected chi connectivity index (χ0v) is 18.6. The lowest BCUT2D eigenvalue weighted by Gasteiger charge is -2.31. The molecule has 2 heterocycles. The molecule has 33 heavy (non-hydrogen) atoms. The molecule has 5 rings (SSSR count). The zero-order valence-electron chi connectivity index (χ0n) is 18.6. The van der Waals surface area contributed by atoms with Gasteiger partial charge in [-0.3, -0.25) is 10.1 Å². The summed E-state index contributed by atoms with van der Waals surface area (Å²) in [5.74, 6) is -0.290. The van der Waals surface area contributed by atoms with Crippen molar-refractivity contribution < 1.29 is 4.39 Å². The third-order valence-corrected chi connectivity index (χ3v) is 6.02. The second-order valence-electron chi connectivity index (χ2n) is 8.29. The average Bonchev–Trinajstić information content (AvgIpc) is 3.34. The molecule has 1 N–H and O–H groups in total. The zero-order chi connectivity index (χ0) is 22.6. The van der Waals surface area contributed by atoms with Gasteiger partial charge in [-0.2, -0.15) is 10.2 Å². The Morgan fingerprint density at radius 3 is 2.24 bits per heavy atom. The van der Waals surface area contributed by atoms with Crippen molar-refractivity contribution in [2.75, 3.05) is 33.2 Å². The number of hydrogen-bond acceptors (Lipinski definition) is 4. The van der Waals surface area contributed by atoms with Crippen LogP contribution in [0.1, 0.15) is 11.1 Å². The second-order valence-corrected chi connectivity index (χ2v) is 8.29. The van der Waals surface area contributed by atoms with Gasteiger partial charge >= 0.3 is 0 Å². The number of aromatic amines is 1. The summed E-state index contributed by atoms with van der Waals surface area (Å²) in [6.07, 6.45) is 1.74. The first-order valence-corrected chi connectivity index (χ1v) is 11.2. The molecule has 166 valence electrons. The van der Waals surface area contributed by atoms with Crippen LogP contribution in [0.15, 0.2) is 90.2 Å². The second kappa shape index (κ2) is 9.38. The van der Waals surface area contributed by atoms with E-state index >= 15 is 0 Å². The average molecular weight is 440 g/mol. The summed E-state index contributed by atoms with van der Waals surface area (Å²) in [4.78, 5) is 2.29. The Labute approximate surface area is 193 Å². The third kappa shape index (κ3) is 4.56. The van der Waals surface area contributed by atoms with Gasteiger partial charge in [0.2, 0.25) is 0 Å². The maximum atomic E-state index is 14.6. The topological polar surface area (TPSA) is 47.5 Å². The fourth-order valence-corrected chi connectivity index (χ4v) is 4.09. The Morgan fingerprint density at radius 1 is 0.848 bits per heavy atom. The van der Waals surface area contributed by atoms with E-state index in [4.69, 9.17) is 5.10 Å². The van der Waals surface area contributed by atoms with E-state index in [1.165, 1.54) is 6.07 Å². The van der Waals surface area contributed by atoms with Crippen molar-refractivity contribution >= 4 is 5.71 Å². The van der Waals surface area contributed by atoms with Crippen LogP contribution in [0, 0.1) is 5.82 Å². The van der Waals surface area contributed by atoms with Crippen LogP contribution in [0.5, 0.6) is 0 Å². The fraction of sp³-hybridized carbons (Fsp3) is 0.185. The van der Waals surface area contributed by atoms with E-state index in [2.05, 4.69) is 63.6 Å². The summed E-state index contributed by atoms with van der Waals surface area (Å²) in [6, 6.07) is 25.4. The number of halogens is 1. The first-order chi connectivity index (χ1) is 16.2. The quantitative estimate of drug-likeness (QED) is 0.451. The predicted octanol–water partition coefficient (Wildman–Crippen LogP) is 4.88. The molecular weight excluding hydrogens is 413 g/mol. The van der Waals surface area contributed by atoms with Gasteiger partial charge in [0.25, 0.3) is 0 Å². The van der Waals surface area contributed by atoms with Gasteiger partial charge < -0.3 is 4.90 Å². The molecule has 1 aliphatic rings. The minimum atomic E-state index is -0.290. The Hall–Kier alpha value is -3.77. The molecule has 0 spiro atoms. The van der Waals surface area contributed by atoms with E-state index in [9.17, 15) is 4.39 Å². The standard InChI is InChI=1S/C27H26FN5/c1-32-15-17-33(18-16-32)31-26(22-13-11-21(12-14-22)20-7-3-2-4-8-20)24-19-29-30-27(24)23-9-5-6-10-25(23)28/h2-14,19H,15-18H2,1H3,(H,29,30). The van der Waals surface area contributed by atoms with E-state index in [-0.39, 0.29) is 5.82 Å². The molecule has 0 saturated carbocycles. The first kappa shape index (κ1) is 21.1. The number of nitrogens with one attached hydrogen (secondary N) is 1. The van der Waals surface area contributed by atoms with Crippen LogP contribution in [-0.4, -0.2) is 59.0 Å². The van der Waals surface area contributed by atoms with Gasteiger partial charge in [-0.1, -0.05) is 66.7 Å². The summed E-state index contributed by atoms with van der Waals surface area (Å²) >= 11 is 0. The van der Waals surface area contributed by atoms with Gasteiger partial charge in [0.15, 0.2) is 0 Å². The van der Waals surface area contributed by atoms with Crippen LogP contribution >= 0.6 is 0 Å². The van der Waals surface area contributed by atoms with Gasteiger partial charge in [0, 0.05) is 42.9 Å². The summed E-state index contributed by atoms with van der Waals surface area (Å²) in [6.45, 7) is 3.59. The molecule has 0 bridgehead atoms. The van der Waals surface area contributed by atoms with Gasteiger partial charge in [0.05, 0.1) is 11.9 Å². The highest BCUT2D eigenvalue weighted by atomic mass is 19.1. The molecule has 1 saturated heterocycles. The smallest absolute Gasteiger partial charge is 0.132 e. The van der Waals surface area contributed by atoms with Gasteiger partial charge in [-0.15, -0.1) is 0 Å². The molecular formula is C27H26FN5. The Kier molecular flexibility index (Phi) is 6.00. The van der Waals surface area contributed by atoms with Crippen molar-refractivity contribution in [2.45, 2.75) is 0 Å². The van der Waals surface area contributed by atoms with Gasteiger partial charge in [0.1, 0.15) is 11.5 Å². The Balaban J connectivity index is 1.57. The molecule has 0 aliphatic carbocycles. The maximum absolute atomic E-state index is 14.6. The minimum Gasteiger partial charge on any atom is -0.303 e. The summed E-state index contributed by atoms with van der Waals surface area (Å²) in [7, 11) is 2.12. The first-order valence-electron chi connectivity index (χ1n) is 11.2. The molecule has 1 aliphatic heterocycles. The number of hydrogen-bond donors (Lipinski definition) is 1. The van der Waals surface area contributed by atoms with Gasteiger partial charge in [-0.25, -0.2) is 4.39 Å². The lowest BCUT2D eigenvalue weighted by molar-refractivity contribution is 0.159. The number of rotatable bonds is 5. The van der Waals surface area contributed by atoms with Crippen LogP contribution in [0.4, 0.5) is 4.39 Å². The number of likely N-dealkylation sites (N-methyl/N-ethyl adjacent to an activating group) is 1. The van der Waals surface area contributed by atoms with Crippen molar-refractivity contribution in [1.82, 2.24) is 20.1 Å². The maximum Gasteiger partial charge on any atom is 0.132 e. The molecule has 0 amide bonds. The molecule has 3 aromatic carbocycles. The lowest BCUT2D eigenvalue weighted by Crippen LogP contribution is -2.42. The summed E-state index contributed by atoms with van der Waals surface area (Å²) in [5.41, 5.74) is 5.95. The Morgan fingerprint density at radius 2 is 1.52 bits per heavy atom. The molecule has 1 fully saturated rings. The van der Waals surface area contributed by atoms with E-state index in [0.717, 1.165) is 54.1 Å². The highest BCUT2D eigenvalue weighted by molar-refractivity contribution is 6.15. The largest absolute Gasteiger partial charge is 0.303 e. The normalized spacial score (nSPS) is 15.1. The van der Waals surface area contributed by atoms with Crippen molar-refractivity contribution in [2.24, 2.45) is 5.10 Å². The van der Waals surface area contributed by atoms with Crippen molar-refractivity contribution in [1.29, 1.82) is 0 Å². The number of H-pyrrole nitrogens is 1. The van der Waals surface area contributed by atoms with Crippen LogP contribution in [-0.2, 0) is 0 Å². The molecule has 6 heteroatoms. The fourth-order valence-electron chi connectivity index (χ4n) is 4.09. The van der Waals surface area contributed by atoms with Crippen molar-refractivity contribution in [3.8, 4) is 22.4 Å². The predicted molar refractivity (Wildman–Crippen MR) is 131 cm³/mol. The molecule has 1 aromatic heterocycles. The number of benzene rings is 3. The molecule has 5 nitrogen and oxygen atoms in total. The molecule has 0 unspecified atom stereocenters. The van der Waals surface area contributed by atoms with Crippen LogP contribution in [0.3, 0.4) is 0 Å². The van der Waals surface area contributed by atoms with Crippen LogP contribution < -0.4 is 0 Å². The SMILES string of the molecule is CN1CCN(N=C(c2ccc(-c3ccccc3)cc2)c2cn[nH]c2-c2ccccc2F)CC1. The van der Waals surface area contributed by atoms with E-state index in [1.807, 2.05) is 24.3 Å². The minimum absolute atomic E-state index is 0.290. The van der Waals surface area contributed by atoms with Crippen LogP contribution in [0.25, 0.3) is 22.4 Å². The third-order valence-electron chi connectivity index (χ3n) is 6.02. The molecule has 4 aromatic rings. The summed E-state index contributed by atoms with van der Waals surface area (Å²) < 4.78 is 14.6.